The Balaban J connectivity index is 1.49. The molecule has 0 radical (unpaired) electrons. The molecular weight excluding hydrogens is 464 g/mol. The van der Waals surface area contributed by atoms with E-state index in [1.165, 1.54) is 17.2 Å². The Kier molecular flexibility index (Phi) is 5.90. The van der Waals surface area contributed by atoms with Gasteiger partial charge in [0.2, 0.25) is 0 Å². The third-order valence-corrected chi connectivity index (χ3v) is 7.26. The summed E-state index contributed by atoms with van der Waals surface area (Å²) in [4.78, 5) is 25.0. The van der Waals surface area contributed by atoms with Crippen molar-refractivity contribution in [2.45, 2.75) is 31.0 Å². The van der Waals surface area contributed by atoms with E-state index >= 15 is 0 Å². The smallest absolute Gasteiger partial charge is 0.265 e. The van der Waals surface area contributed by atoms with Gasteiger partial charge in [0.15, 0.2) is 9.84 Å². The van der Waals surface area contributed by atoms with E-state index < -0.39 is 9.84 Å². The van der Waals surface area contributed by atoms with E-state index in [0.717, 1.165) is 30.0 Å². The first-order valence-corrected chi connectivity index (χ1v) is 13.3. The summed E-state index contributed by atoms with van der Waals surface area (Å²) in [6, 6.07) is 15.8. The van der Waals surface area contributed by atoms with Crippen molar-refractivity contribution >= 4 is 26.6 Å². The van der Waals surface area contributed by atoms with Crippen LogP contribution in [0.3, 0.4) is 0 Å². The fourth-order valence-corrected chi connectivity index (χ4v) is 5.15. The Morgan fingerprint density at radius 3 is 2.29 bits per heavy atom. The zero-order valence-electron chi connectivity index (χ0n) is 19.7. The Hall–Kier alpha value is -3.56. The Labute approximate surface area is 203 Å². The molecule has 35 heavy (non-hydrogen) atoms. The summed E-state index contributed by atoms with van der Waals surface area (Å²) < 4.78 is 30.8. The van der Waals surface area contributed by atoms with Gasteiger partial charge in [0, 0.05) is 24.9 Å². The lowest BCUT2D eigenvalue weighted by molar-refractivity contribution is -0.00545. The number of para-hydroxylation sites is 1. The molecule has 2 atom stereocenters. The van der Waals surface area contributed by atoms with E-state index in [2.05, 4.69) is 14.9 Å². The summed E-state index contributed by atoms with van der Waals surface area (Å²) >= 11 is 0. The molecule has 2 aromatic heterocycles. The molecule has 3 heterocycles. The normalized spacial score (nSPS) is 18.7. The van der Waals surface area contributed by atoms with Gasteiger partial charge in [-0.3, -0.25) is 9.36 Å². The lowest BCUT2D eigenvalue weighted by Crippen LogP contribution is -2.45. The first kappa shape index (κ1) is 23.2. The number of pyridine rings is 1. The van der Waals surface area contributed by atoms with Crippen LogP contribution in [0.25, 0.3) is 27.7 Å². The van der Waals surface area contributed by atoms with Crippen molar-refractivity contribution in [3.05, 3.63) is 77.5 Å². The zero-order chi connectivity index (χ0) is 24.7. The summed E-state index contributed by atoms with van der Waals surface area (Å²) in [6.45, 7) is 5.63. The molecule has 2 aromatic carbocycles. The number of sulfone groups is 1. The maximum Gasteiger partial charge on any atom is 0.265 e. The van der Waals surface area contributed by atoms with Gasteiger partial charge in [0.1, 0.15) is 12.1 Å². The third kappa shape index (κ3) is 4.56. The first-order valence-electron chi connectivity index (χ1n) is 11.4. The van der Waals surface area contributed by atoms with Gasteiger partial charge >= 0.3 is 0 Å². The van der Waals surface area contributed by atoms with Crippen molar-refractivity contribution in [2.75, 3.05) is 24.2 Å². The highest BCUT2D eigenvalue weighted by Crippen LogP contribution is 2.27. The molecule has 0 spiro atoms. The highest BCUT2D eigenvalue weighted by molar-refractivity contribution is 7.90. The summed E-state index contributed by atoms with van der Waals surface area (Å²) in [6.07, 6.45) is 4.62. The van der Waals surface area contributed by atoms with Crippen molar-refractivity contribution in [1.82, 2.24) is 14.5 Å². The minimum Gasteiger partial charge on any atom is -0.372 e. The van der Waals surface area contributed by atoms with Crippen molar-refractivity contribution in [3.8, 4) is 16.8 Å². The van der Waals surface area contributed by atoms with Gasteiger partial charge in [-0.05, 0) is 49.7 Å². The van der Waals surface area contributed by atoms with E-state index in [0.29, 0.717) is 16.6 Å². The molecule has 9 heteroatoms. The standard InChI is InChI=1S/C26H26N4O4S/c1-17-14-29(15-18(2)34-17)24-12-9-20(13-27-24)30-16-28-25-22(5-4-6-23(25)26(30)31)19-7-10-21(11-8-19)35(3,32)33/h4-13,16-18H,14-15H2,1-3H3/t17-,18+. The molecule has 1 aliphatic heterocycles. The molecule has 0 bridgehead atoms. The van der Waals surface area contributed by atoms with E-state index in [1.807, 2.05) is 32.0 Å². The van der Waals surface area contributed by atoms with Gasteiger partial charge in [0.25, 0.3) is 5.56 Å². The van der Waals surface area contributed by atoms with E-state index in [1.54, 1.807) is 42.6 Å². The molecular formula is C26H26N4O4S. The summed E-state index contributed by atoms with van der Waals surface area (Å²) in [5.74, 6) is 0.845. The number of anilines is 1. The van der Waals surface area contributed by atoms with Crippen LogP contribution in [-0.4, -0.2) is 54.5 Å². The zero-order valence-corrected chi connectivity index (χ0v) is 20.6. The number of fused-ring (bicyclic) bond motifs is 1. The number of hydrogen-bond acceptors (Lipinski definition) is 7. The molecule has 8 nitrogen and oxygen atoms in total. The van der Waals surface area contributed by atoms with Crippen LogP contribution >= 0.6 is 0 Å². The largest absolute Gasteiger partial charge is 0.372 e. The molecule has 1 aliphatic rings. The van der Waals surface area contributed by atoms with Crippen LogP contribution in [0.2, 0.25) is 0 Å². The van der Waals surface area contributed by atoms with Gasteiger partial charge < -0.3 is 9.64 Å². The molecule has 0 N–H and O–H groups in total. The van der Waals surface area contributed by atoms with E-state index in [4.69, 9.17) is 4.74 Å². The second-order valence-electron chi connectivity index (χ2n) is 8.95. The van der Waals surface area contributed by atoms with Crippen LogP contribution in [0, 0.1) is 0 Å². The summed E-state index contributed by atoms with van der Waals surface area (Å²) in [5, 5.41) is 0.470. The van der Waals surface area contributed by atoms with Crippen LogP contribution in [0.15, 0.2) is 76.8 Å². The number of hydrogen-bond donors (Lipinski definition) is 0. The number of rotatable bonds is 4. The average molecular weight is 491 g/mol. The van der Waals surface area contributed by atoms with E-state index in [9.17, 15) is 13.2 Å². The Bertz CT molecular complexity index is 1540. The van der Waals surface area contributed by atoms with Crippen LogP contribution < -0.4 is 10.5 Å². The molecule has 5 rings (SSSR count). The summed E-state index contributed by atoms with van der Waals surface area (Å²) in [7, 11) is -3.29. The predicted molar refractivity (Wildman–Crippen MR) is 136 cm³/mol. The molecule has 4 aromatic rings. The predicted octanol–water partition coefficient (Wildman–Crippen LogP) is 3.46. The Morgan fingerprint density at radius 1 is 0.943 bits per heavy atom. The van der Waals surface area contributed by atoms with Crippen molar-refractivity contribution in [3.63, 3.8) is 0 Å². The second-order valence-corrected chi connectivity index (χ2v) is 11.0. The van der Waals surface area contributed by atoms with Gasteiger partial charge in [0.05, 0.1) is 39.9 Å². The quantitative estimate of drug-likeness (QED) is 0.432. The fourth-order valence-electron chi connectivity index (χ4n) is 4.52. The number of aromatic nitrogens is 3. The maximum atomic E-state index is 13.4. The van der Waals surface area contributed by atoms with Crippen LogP contribution in [-0.2, 0) is 14.6 Å². The number of morpholine rings is 1. The van der Waals surface area contributed by atoms with Crippen LogP contribution in [0.4, 0.5) is 5.82 Å². The Morgan fingerprint density at radius 2 is 1.66 bits per heavy atom. The van der Waals surface area contributed by atoms with Crippen molar-refractivity contribution in [2.24, 2.45) is 0 Å². The molecule has 0 amide bonds. The lowest BCUT2D eigenvalue weighted by Gasteiger charge is -2.36. The molecule has 0 saturated carbocycles. The number of benzene rings is 2. The van der Waals surface area contributed by atoms with E-state index in [-0.39, 0.29) is 22.7 Å². The van der Waals surface area contributed by atoms with Crippen molar-refractivity contribution < 1.29 is 13.2 Å². The highest BCUT2D eigenvalue weighted by atomic mass is 32.2. The van der Waals surface area contributed by atoms with Gasteiger partial charge in [-0.2, -0.15) is 0 Å². The second kappa shape index (κ2) is 8.90. The monoisotopic (exact) mass is 490 g/mol. The molecule has 1 fully saturated rings. The average Bonchev–Trinajstić information content (AvgIpc) is 2.83. The molecule has 0 aliphatic carbocycles. The fraction of sp³-hybridized carbons (Fsp3) is 0.269. The molecule has 1 saturated heterocycles. The minimum absolute atomic E-state index is 0.129. The topological polar surface area (TPSA) is 94.4 Å². The van der Waals surface area contributed by atoms with Crippen molar-refractivity contribution in [1.29, 1.82) is 0 Å². The maximum absolute atomic E-state index is 13.4. The minimum atomic E-state index is -3.29. The van der Waals surface area contributed by atoms with Crippen LogP contribution in [0.1, 0.15) is 13.8 Å². The molecule has 0 unspecified atom stereocenters. The number of ether oxygens (including phenoxy) is 1. The highest BCUT2D eigenvalue weighted by Gasteiger charge is 2.23. The lowest BCUT2D eigenvalue weighted by atomic mass is 10.0. The molecule has 180 valence electrons. The van der Waals surface area contributed by atoms with Crippen LogP contribution in [0.5, 0.6) is 0 Å². The summed E-state index contributed by atoms with van der Waals surface area (Å²) in [5.41, 5.74) is 2.53. The van der Waals surface area contributed by atoms with Gasteiger partial charge in [-0.25, -0.2) is 18.4 Å². The van der Waals surface area contributed by atoms with Gasteiger partial charge in [-0.1, -0.05) is 24.3 Å². The third-order valence-electron chi connectivity index (χ3n) is 6.14. The number of nitrogens with zero attached hydrogens (tertiary/aromatic N) is 4. The van der Waals surface area contributed by atoms with Gasteiger partial charge in [-0.15, -0.1) is 0 Å². The SMILES string of the molecule is C[C@@H]1CN(c2ccc(-n3cnc4c(-c5ccc(S(C)(=O)=O)cc5)cccc4c3=O)cn2)C[C@H](C)O1. The first-order chi connectivity index (χ1) is 16.7.